The molecule has 1 atom stereocenters. The summed E-state index contributed by atoms with van der Waals surface area (Å²) in [5.41, 5.74) is -0.291. The molecule has 1 fully saturated rings. The lowest BCUT2D eigenvalue weighted by atomic mass is 9.89. The number of carboxylic acids is 1. The molecule has 0 spiro atoms. The molecule has 1 saturated heterocycles. The van der Waals surface area contributed by atoms with Gasteiger partial charge in [-0.2, -0.15) is 13.2 Å². The van der Waals surface area contributed by atoms with Gasteiger partial charge in [0.25, 0.3) is 0 Å². The molecule has 0 saturated carbocycles. The molecule has 1 unspecified atom stereocenters. The molecule has 28 heavy (non-hydrogen) atoms. The molecule has 1 aliphatic rings. The van der Waals surface area contributed by atoms with Crippen molar-refractivity contribution >= 4 is 12.1 Å². The number of aromatic carboxylic acids is 1. The predicted molar refractivity (Wildman–Crippen MR) is 94.7 cm³/mol. The Hall–Kier alpha value is -2.45. The fourth-order valence-electron chi connectivity index (χ4n) is 2.97. The van der Waals surface area contributed by atoms with Crippen molar-refractivity contribution in [3.63, 3.8) is 0 Å². The van der Waals surface area contributed by atoms with E-state index in [0.717, 1.165) is 6.07 Å². The maximum atomic E-state index is 12.4. The highest BCUT2D eigenvalue weighted by molar-refractivity contribution is 5.88. The van der Waals surface area contributed by atoms with Crippen LogP contribution in [-0.2, 0) is 4.74 Å². The molecule has 2 rings (SSSR count). The number of hydrogen-bond donors (Lipinski definition) is 1. The summed E-state index contributed by atoms with van der Waals surface area (Å²) in [7, 11) is 0. The normalized spacial score (nSPS) is 17.9. The monoisotopic (exact) mass is 403 g/mol. The smallest absolute Gasteiger partial charge is 0.422 e. The average Bonchev–Trinajstić information content (AvgIpc) is 2.57. The van der Waals surface area contributed by atoms with E-state index in [2.05, 4.69) is 0 Å². The first-order valence-corrected chi connectivity index (χ1v) is 8.90. The zero-order valence-electron chi connectivity index (χ0n) is 16.0. The first-order chi connectivity index (χ1) is 12.8. The highest BCUT2D eigenvalue weighted by Gasteiger charge is 2.30. The lowest BCUT2D eigenvalue weighted by molar-refractivity contribution is -0.153. The Morgan fingerprint density at radius 3 is 2.46 bits per heavy atom. The van der Waals surface area contributed by atoms with Crippen LogP contribution in [0.1, 0.15) is 55.5 Å². The summed E-state index contributed by atoms with van der Waals surface area (Å²) in [6.07, 6.45) is -3.67. The minimum Gasteiger partial charge on any atom is -0.484 e. The van der Waals surface area contributed by atoms with Gasteiger partial charge < -0.3 is 19.5 Å². The maximum absolute atomic E-state index is 12.4. The van der Waals surface area contributed by atoms with Crippen molar-refractivity contribution in [1.29, 1.82) is 0 Å². The second-order valence-corrected chi connectivity index (χ2v) is 7.77. The number of piperidine rings is 1. The number of hydrogen-bond acceptors (Lipinski definition) is 4. The quantitative estimate of drug-likeness (QED) is 0.804. The summed E-state index contributed by atoms with van der Waals surface area (Å²) in [6.45, 7) is 4.55. The van der Waals surface area contributed by atoms with Crippen LogP contribution >= 0.6 is 0 Å². The van der Waals surface area contributed by atoms with Crippen molar-refractivity contribution in [3.05, 3.63) is 29.3 Å². The highest BCUT2D eigenvalue weighted by Crippen LogP contribution is 2.32. The van der Waals surface area contributed by atoms with Crippen LogP contribution in [0.25, 0.3) is 0 Å². The molecule has 1 N–H and O–H groups in total. The zero-order valence-corrected chi connectivity index (χ0v) is 16.0. The molecule has 1 aliphatic heterocycles. The number of rotatable bonds is 4. The van der Waals surface area contributed by atoms with E-state index < -0.39 is 30.4 Å². The first-order valence-electron chi connectivity index (χ1n) is 8.90. The van der Waals surface area contributed by atoms with E-state index in [1.165, 1.54) is 17.0 Å². The minimum absolute atomic E-state index is 0.163. The third-order valence-electron chi connectivity index (χ3n) is 4.12. The van der Waals surface area contributed by atoms with Crippen LogP contribution in [0, 0.1) is 0 Å². The number of carbonyl (C=O) groups is 2. The first kappa shape index (κ1) is 21.8. The molecule has 9 heteroatoms. The summed E-state index contributed by atoms with van der Waals surface area (Å²) in [5.74, 6) is -1.66. The molecule has 0 aromatic heterocycles. The van der Waals surface area contributed by atoms with Crippen molar-refractivity contribution in [1.82, 2.24) is 4.90 Å². The third-order valence-corrected chi connectivity index (χ3v) is 4.12. The molecule has 1 heterocycles. The fraction of sp³-hybridized carbons (Fsp3) is 0.579. The van der Waals surface area contributed by atoms with Crippen molar-refractivity contribution in [2.45, 2.75) is 51.3 Å². The van der Waals surface area contributed by atoms with Crippen LogP contribution in [-0.4, -0.2) is 53.5 Å². The number of alkyl halides is 3. The number of nitrogens with zero attached hydrogens (tertiary/aromatic N) is 1. The van der Waals surface area contributed by atoms with Gasteiger partial charge in [-0.15, -0.1) is 0 Å². The van der Waals surface area contributed by atoms with E-state index >= 15 is 0 Å². The molecule has 0 aliphatic carbocycles. The fourth-order valence-corrected chi connectivity index (χ4v) is 2.97. The van der Waals surface area contributed by atoms with E-state index in [0.29, 0.717) is 24.9 Å². The number of benzene rings is 1. The molecule has 0 bridgehead atoms. The van der Waals surface area contributed by atoms with E-state index in [1.54, 1.807) is 20.8 Å². The second-order valence-electron chi connectivity index (χ2n) is 7.77. The standard InChI is InChI=1S/C19H24F3NO5/c1-18(2,3)28-17(26)23-6-4-5-12(10-23)13-7-14(16(24)25)9-15(8-13)27-11-19(20,21)22/h7-9,12H,4-6,10-11H2,1-3H3,(H,24,25). The summed E-state index contributed by atoms with van der Waals surface area (Å²) in [4.78, 5) is 25.2. The van der Waals surface area contributed by atoms with Gasteiger partial charge in [-0.1, -0.05) is 0 Å². The van der Waals surface area contributed by atoms with Crippen LogP contribution in [0.3, 0.4) is 0 Å². The predicted octanol–water partition coefficient (Wildman–Crippen LogP) is 4.44. The van der Waals surface area contributed by atoms with Gasteiger partial charge in [-0.05, 0) is 57.4 Å². The van der Waals surface area contributed by atoms with Crippen LogP contribution in [0.5, 0.6) is 5.75 Å². The molecule has 6 nitrogen and oxygen atoms in total. The van der Waals surface area contributed by atoms with Gasteiger partial charge in [0.2, 0.25) is 0 Å². The van der Waals surface area contributed by atoms with Gasteiger partial charge in [0.1, 0.15) is 11.4 Å². The van der Waals surface area contributed by atoms with E-state index in [-0.39, 0.29) is 23.8 Å². The Balaban J connectivity index is 2.21. The second kappa shape index (κ2) is 8.28. The highest BCUT2D eigenvalue weighted by atomic mass is 19.4. The van der Waals surface area contributed by atoms with Crippen LogP contribution < -0.4 is 4.74 Å². The van der Waals surface area contributed by atoms with Crippen molar-refractivity contribution in [2.24, 2.45) is 0 Å². The molecule has 156 valence electrons. The summed E-state index contributed by atoms with van der Waals surface area (Å²) in [6, 6.07) is 3.87. The minimum atomic E-state index is -4.53. The van der Waals surface area contributed by atoms with Crippen LogP contribution in [0.4, 0.5) is 18.0 Å². The Kier molecular flexibility index (Phi) is 6.46. The summed E-state index contributed by atoms with van der Waals surface area (Å²) < 4.78 is 47.4. The van der Waals surface area contributed by atoms with Crippen molar-refractivity contribution < 1.29 is 37.3 Å². The van der Waals surface area contributed by atoms with Crippen LogP contribution in [0.2, 0.25) is 0 Å². The lowest BCUT2D eigenvalue weighted by Gasteiger charge is -2.34. The van der Waals surface area contributed by atoms with Gasteiger partial charge in [0.05, 0.1) is 5.56 Å². The topological polar surface area (TPSA) is 76.1 Å². The number of likely N-dealkylation sites (tertiary alicyclic amines) is 1. The SMILES string of the molecule is CC(C)(C)OC(=O)N1CCCC(c2cc(OCC(F)(F)F)cc(C(=O)O)c2)C1. The van der Waals surface area contributed by atoms with Gasteiger partial charge in [0.15, 0.2) is 6.61 Å². The number of amides is 1. The number of halogens is 3. The Labute approximate surface area is 161 Å². The molecular weight excluding hydrogens is 379 g/mol. The lowest BCUT2D eigenvalue weighted by Crippen LogP contribution is -2.42. The zero-order chi connectivity index (χ0) is 21.1. The number of carbonyl (C=O) groups excluding carboxylic acids is 1. The molecule has 1 aromatic rings. The van der Waals surface area contributed by atoms with E-state index in [1.807, 2.05) is 0 Å². The largest absolute Gasteiger partial charge is 0.484 e. The van der Waals surface area contributed by atoms with E-state index in [9.17, 15) is 27.9 Å². The molecule has 1 amide bonds. The van der Waals surface area contributed by atoms with Gasteiger partial charge in [-0.25, -0.2) is 9.59 Å². The Morgan fingerprint density at radius 2 is 1.89 bits per heavy atom. The Bertz CT molecular complexity index is 727. The molecule has 0 radical (unpaired) electrons. The van der Waals surface area contributed by atoms with Gasteiger partial charge >= 0.3 is 18.2 Å². The number of ether oxygens (including phenoxy) is 2. The summed E-state index contributed by atoms with van der Waals surface area (Å²) >= 11 is 0. The van der Waals surface area contributed by atoms with Gasteiger partial charge in [-0.3, -0.25) is 0 Å². The Morgan fingerprint density at radius 1 is 1.21 bits per heavy atom. The average molecular weight is 403 g/mol. The van der Waals surface area contributed by atoms with E-state index in [4.69, 9.17) is 9.47 Å². The molecular formula is C19H24F3NO5. The van der Waals surface area contributed by atoms with Crippen LogP contribution in [0.15, 0.2) is 18.2 Å². The van der Waals surface area contributed by atoms with Crippen molar-refractivity contribution in [3.8, 4) is 5.75 Å². The summed E-state index contributed by atoms with van der Waals surface area (Å²) in [5, 5.41) is 9.27. The maximum Gasteiger partial charge on any atom is 0.422 e. The molecule has 1 aromatic carbocycles. The number of carboxylic acid groups (broad SMARTS) is 1. The third kappa shape index (κ3) is 6.61. The van der Waals surface area contributed by atoms with Gasteiger partial charge in [0, 0.05) is 19.0 Å². The van der Waals surface area contributed by atoms with Crippen molar-refractivity contribution in [2.75, 3.05) is 19.7 Å².